The molecule has 4 rings (SSSR count). The zero-order chi connectivity index (χ0) is 26.0. The summed E-state index contributed by atoms with van der Waals surface area (Å²) in [4.78, 5) is 32.2. The molecule has 1 saturated heterocycles. The maximum atomic E-state index is 13.4. The van der Waals surface area contributed by atoms with Crippen molar-refractivity contribution in [1.29, 1.82) is 0 Å². The number of amides is 1. The molecule has 1 aliphatic heterocycles. The fourth-order valence-corrected chi connectivity index (χ4v) is 4.59. The standard InChI is InChI=1S/C31H31N3O3.Ni/c1-2-3-18-27(31(36)37)32-29(24-15-8-5-9-16-24)25-17-10-11-19-26(25)33-30(35)28-20-12-21-34(28)22-23-13-6-4-7-14-23;/h1,4-11,13-17,19,27-28H,3,12,18,20-22H2,(H2,32,33,35,36,37);/p-1/t27-,28-;/m0./s1. The molecule has 1 fully saturated rings. The van der Waals surface area contributed by atoms with Gasteiger partial charge in [0.1, 0.15) is 6.04 Å². The molecule has 0 aliphatic carbocycles. The summed E-state index contributed by atoms with van der Waals surface area (Å²) in [6.07, 6.45) is 7.59. The summed E-state index contributed by atoms with van der Waals surface area (Å²) in [7, 11) is 0. The van der Waals surface area contributed by atoms with Gasteiger partial charge in [-0.2, -0.15) is 0 Å². The van der Waals surface area contributed by atoms with E-state index < -0.39 is 12.0 Å². The Labute approximate surface area is 234 Å². The number of aliphatic imine (C=N–C) groups is 1. The van der Waals surface area contributed by atoms with Gasteiger partial charge in [-0.25, -0.2) is 4.79 Å². The third kappa shape index (κ3) is 7.41. The normalized spacial score (nSPS) is 16.2. The Bertz CT molecular complexity index is 1290. The smallest absolute Gasteiger partial charge is 0.328 e. The van der Waals surface area contributed by atoms with Crippen molar-refractivity contribution in [3.63, 3.8) is 0 Å². The van der Waals surface area contributed by atoms with E-state index in [0.717, 1.165) is 30.5 Å². The molecule has 0 bridgehead atoms. The molecule has 198 valence electrons. The van der Waals surface area contributed by atoms with Crippen LogP contribution in [0.5, 0.6) is 0 Å². The SMILES string of the molecule is C#CCC[C@H](N=C(c1ccccc1)c1ccccc1[N-]C(=O)[C@@H]1CCCN1Cc1ccccc1)C(=O)O.[Ni]. The molecule has 3 aromatic rings. The van der Waals surface area contributed by atoms with Crippen LogP contribution in [0.3, 0.4) is 0 Å². The van der Waals surface area contributed by atoms with E-state index in [-0.39, 0.29) is 34.9 Å². The molecule has 1 N–H and O–H groups in total. The number of para-hydroxylation sites is 1. The van der Waals surface area contributed by atoms with Gasteiger partial charge >= 0.3 is 5.97 Å². The number of nitrogens with zero attached hydrogens (tertiary/aromatic N) is 3. The number of carboxylic acid groups (broad SMARTS) is 1. The Balaban J connectivity index is 0.00000400. The van der Waals surface area contributed by atoms with Crippen molar-refractivity contribution < 1.29 is 31.2 Å². The van der Waals surface area contributed by atoms with E-state index in [4.69, 9.17) is 6.42 Å². The number of carboxylic acids is 1. The van der Waals surface area contributed by atoms with Gasteiger partial charge in [-0.15, -0.1) is 18.0 Å². The first-order valence-electron chi connectivity index (χ1n) is 12.5. The first-order valence-corrected chi connectivity index (χ1v) is 12.5. The molecule has 6 nitrogen and oxygen atoms in total. The summed E-state index contributed by atoms with van der Waals surface area (Å²) < 4.78 is 0. The second-order valence-electron chi connectivity index (χ2n) is 9.02. The third-order valence-corrected chi connectivity index (χ3v) is 6.45. The van der Waals surface area contributed by atoms with Gasteiger partial charge in [-0.1, -0.05) is 84.9 Å². The molecule has 2 atom stereocenters. The van der Waals surface area contributed by atoms with Crippen molar-refractivity contribution in [3.05, 3.63) is 107 Å². The van der Waals surface area contributed by atoms with Gasteiger partial charge in [0.25, 0.3) is 0 Å². The van der Waals surface area contributed by atoms with E-state index >= 15 is 0 Å². The van der Waals surface area contributed by atoms with Crippen molar-refractivity contribution in [2.24, 2.45) is 4.99 Å². The molecule has 0 spiro atoms. The van der Waals surface area contributed by atoms with Crippen LogP contribution in [0.15, 0.2) is 89.9 Å². The molecule has 0 saturated carbocycles. The van der Waals surface area contributed by atoms with E-state index in [0.29, 0.717) is 29.9 Å². The van der Waals surface area contributed by atoms with Crippen LogP contribution in [0.25, 0.3) is 5.32 Å². The minimum atomic E-state index is -1.04. The number of hydrogen-bond donors (Lipinski definition) is 1. The van der Waals surface area contributed by atoms with Crippen molar-refractivity contribution in [2.75, 3.05) is 6.54 Å². The molecule has 1 heterocycles. The average Bonchev–Trinajstić information content (AvgIpc) is 3.38. The first-order chi connectivity index (χ1) is 18.1. The average molecular weight is 551 g/mol. The van der Waals surface area contributed by atoms with Crippen LogP contribution in [0.1, 0.15) is 42.4 Å². The predicted octanol–water partition coefficient (Wildman–Crippen LogP) is 5.58. The molecule has 0 aromatic heterocycles. The van der Waals surface area contributed by atoms with E-state index in [1.54, 1.807) is 6.07 Å². The zero-order valence-corrected chi connectivity index (χ0v) is 22.0. The zero-order valence-electron chi connectivity index (χ0n) is 21.0. The number of aliphatic carboxylic acids is 1. The van der Waals surface area contributed by atoms with Crippen LogP contribution in [-0.4, -0.2) is 46.2 Å². The van der Waals surface area contributed by atoms with Crippen LogP contribution in [-0.2, 0) is 32.6 Å². The minimum Gasteiger partial charge on any atom is -0.625 e. The Hall–Kier alpha value is -3.72. The van der Waals surface area contributed by atoms with Crippen molar-refractivity contribution in [3.8, 4) is 12.3 Å². The molecule has 0 unspecified atom stereocenters. The Morgan fingerprint density at radius 3 is 2.37 bits per heavy atom. The second-order valence-corrected chi connectivity index (χ2v) is 9.02. The summed E-state index contributed by atoms with van der Waals surface area (Å²) in [5.41, 5.74) is 3.47. The van der Waals surface area contributed by atoms with Gasteiger partial charge in [-0.3, -0.25) is 9.89 Å². The van der Waals surface area contributed by atoms with Crippen LogP contribution in [0.4, 0.5) is 5.69 Å². The second kappa shape index (κ2) is 14.3. The topological polar surface area (TPSA) is 84.1 Å². The van der Waals surface area contributed by atoms with Gasteiger partial charge in [-0.05, 0) is 36.9 Å². The molecule has 0 radical (unpaired) electrons. The van der Waals surface area contributed by atoms with Crippen LogP contribution < -0.4 is 0 Å². The van der Waals surface area contributed by atoms with Gasteiger partial charge in [0.15, 0.2) is 0 Å². The molecule has 3 aromatic carbocycles. The summed E-state index contributed by atoms with van der Waals surface area (Å²) in [6, 6.07) is 25.4. The van der Waals surface area contributed by atoms with Gasteiger partial charge in [0.2, 0.25) is 0 Å². The fourth-order valence-electron chi connectivity index (χ4n) is 4.59. The third-order valence-electron chi connectivity index (χ3n) is 6.45. The molecule has 38 heavy (non-hydrogen) atoms. The summed E-state index contributed by atoms with van der Waals surface area (Å²) >= 11 is 0. The maximum Gasteiger partial charge on any atom is 0.328 e. The molecular weight excluding hydrogens is 521 g/mol. The Morgan fingerprint density at radius 2 is 1.68 bits per heavy atom. The largest absolute Gasteiger partial charge is 0.625 e. The molecular formula is C31H30N3NiO3-. The number of terminal acetylenes is 1. The van der Waals surface area contributed by atoms with Gasteiger partial charge < -0.3 is 15.2 Å². The minimum absolute atomic E-state index is 0. The van der Waals surface area contributed by atoms with Crippen molar-refractivity contribution in [1.82, 2.24) is 4.90 Å². The van der Waals surface area contributed by atoms with Crippen LogP contribution >= 0.6 is 0 Å². The van der Waals surface area contributed by atoms with Crippen molar-refractivity contribution in [2.45, 2.75) is 44.3 Å². The van der Waals surface area contributed by atoms with E-state index in [1.807, 2.05) is 66.7 Å². The van der Waals surface area contributed by atoms with E-state index in [1.165, 1.54) is 0 Å². The van der Waals surface area contributed by atoms with Crippen LogP contribution in [0.2, 0.25) is 0 Å². The maximum absolute atomic E-state index is 13.4. The van der Waals surface area contributed by atoms with E-state index in [9.17, 15) is 14.7 Å². The van der Waals surface area contributed by atoms with Crippen molar-refractivity contribution >= 4 is 23.3 Å². The molecule has 1 amide bonds. The summed E-state index contributed by atoms with van der Waals surface area (Å²) in [5, 5.41) is 14.3. The number of carbonyl (C=O) groups is 2. The Kier molecular flexibility index (Phi) is 10.8. The quantitative estimate of drug-likeness (QED) is 0.203. The summed E-state index contributed by atoms with van der Waals surface area (Å²) in [6.45, 7) is 1.54. The Morgan fingerprint density at radius 1 is 1.03 bits per heavy atom. The van der Waals surface area contributed by atoms with Crippen LogP contribution in [0, 0.1) is 12.3 Å². The fraction of sp³-hybridized carbons (Fsp3) is 0.258. The number of rotatable bonds is 10. The number of hydrogen-bond acceptors (Lipinski definition) is 4. The monoisotopic (exact) mass is 550 g/mol. The van der Waals surface area contributed by atoms with E-state index in [2.05, 4.69) is 33.3 Å². The number of benzene rings is 3. The number of carbonyl (C=O) groups excluding carboxylic acids is 1. The van der Waals surface area contributed by atoms with Gasteiger partial charge in [0, 0.05) is 35.0 Å². The predicted molar refractivity (Wildman–Crippen MR) is 146 cm³/mol. The first kappa shape index (κ1) is 28.8. The number of likely N-dealkylation sites (tertiary alicyclic amines) is 1. The molecule has 1 aliphatic rings. The molecule has 7 heteroatoms. The van der Waals surface area contributed by atoms with Gasteiger partial charge in [0.05, 0.1) is 17.7 Å². The summed E-state index contributed by atoms with van der Waals surface area (Å²) in [5.74, 6) is 1.25.